The summed E-state index contributed by atoms with van der Waals surface area (Å²) in [5.74, 6) is -2.34. The van der Waals surface area contributed by atoms with E-state index in [1.807, 2.05) is 0 Å². The first-order valence-corrected chi connectivity index (χ1v) is 16.8. The molecule has 1 heterocycles. The molecule has 10 nitrogen and oxygen atoms in total. The molecular weight excluding hydrogens is 665 g/mol. The van der Waals surface area contributed by atoms with Crippen LogP contribution in [0.5, 0.6) is 0 Å². The average molecular weight is 695 g/mol. The molecule has 47 heavy (non-hydrogen) atoms. The van der Waals surface area contributed by atoms with Crippen LogP contribution in [0.1, 0.15) is 33.7 Å². The topological polar surface area (TPSA) is 163 Å². The Kier molecular flexibility index (Phi) is 10.0. The predicted octanol–water partition coefficient (Wildman–Crippen LogP) is 5.97. The quantitative estimate of drug-likeness (QED) is 0.119. The zero-order valence-corrected chi connectivity index (χ0v) is 27.3. The van der Waals surface area contributed by atoms with E-state index >= 15 is 0 Å². The third kappa shape index (κ3) is 7.83. The fourth-order valence-electron chi connectivity index (χ4n) is 5.07. The van der Waals surface area contributed by atoms with E-state index in [4.69, 9.17) is 43.8 Å². The molecule has 0 saturated heterocycles. The maximum absolute atomic E-state index is 13.2. The predicted molar refractivity (Wildman–Crippen MR) is 180 cm³/mol. The van der Waals surface area contributed by atoms with E-state index in [1.165, 1.54) is 12.1 Å². The van der Waals surface area contributed by atoms with Gasteiger partial charge in [0.05, 0.1) is 23.4 Å². The molecule has 0 radical (unpaired) electrons. The molecule has 5 rings (SSSR count). The second-order valence-corrected chi connectivity index (χ2v) is 13.6. The van der Waals surface area contributed by atoms with Gasteiger partial charge in [0.15, 0.2) is 5.76 Å². The van der Waals surface area contributed by atoms with Gasteiger partial charge in [-0.1, -0.05) is 77.8 Å². The number of benzene rings is 4. The third-order valence-corrected chi connectivity index (χ3v) is 9.16. The van der Waals surface area contributed by atoms with Crippen LogP contribution in [-0.4, -0.2) is 42.7 Å². The highest BCUT2D eigenvalue weighted by molar-refractivity contribution is 7.88. The highest BCUT2D eigenvalue weighted by atomic mass is 35.5. The van der Waals surface area contributed by atoms with Gasteiger partial charge in [-0.2, -0.15) is 4.31 Å². The number of esters is 1. The number of rotatable bonds is 12. The number of hydrogen-bond donors (Lipinski definition) is 2. The minimum atomic E-state index is -4.03. The molecule has 4 aromatic carbocycles. The van der Waals surface area contributed by atoms with Crippen molar-refractivity contribution >= 4 is 67.5 Å². The molecule has 0 unspecified atom stereocenters. The zero-order valence-electron chi connectivity index (χ0n) is 25.0. The van der Waals surface area contributed by atoms with Crippen molar-refractivity contribution in [2.75, 3.05) is 12.0 Å². The number of halogens is 2. The summed E-state index contributed by atoms with van der Waals surface area (Å²) in [6, 6.07) is 24.0. The fraction of sp³-hybridized carbons (Fsp3) is 0.147. The smallest absolute Gasteiger partial charge is 0.325 e. The van der Waals surface area contributed by atoms with E-state index in [9.17, 15) is 22.8 Å². The van der Waals surface area contributed by atoms with Crippen LogP contribution in [0.2, 0.25) is 10.0 Å². The number of nitrogens with zero attached hydrogens (tertiary/aromatic N) is 1. The SMILES string of the molecule is CS(=O)(=O)N(Cc1cccc(-c2ccc3c(N)c(C(=O)c4ccc(Cl)cc4Cl)oc3c2)c1)[C@@H](CC(N)=O)C(=O)OCc1ccccc1. The van der Waals surface area contributed by atoms with E-state index in [0.717, 1.165) is 10.6 Å². The molecular formula is C34H29Cl2N3O7S. The summed E-state index contributed by atoms with van der Waals surface area (Å²) < 4.78 is 38.1. The molecule has 13 heteroatoms. The van der Waals surface area contributed by atoms with Gasteiger partial charge in [0, 0.05) is 22.5 Å². The lowest BCUT2D eigenvalue weighted by Gasteiger charge is -2.27. The van der Waals surface area contributed by atoms with E-state index in [1.54, 1.807) is 78.9 Å². The Morgan fingerprint density at radius 3 is 2.28 bits per heavy atom. The van der Waals surface area contributed by atoms with Gasteiger partial charge in [-0.15, -0.1) is 0 Å². The number of carbonyl (C=O) groups is 3. The number of hydrogen-bond acceptors (Lipinski definition) is 8. The number of ether oxygens (including phenoxy) is 1. The van der Waals surface area contributed by atoms with Crippen molar-refractivity contribution < 1.29 is 32.0 Å². The van der Waals surface area contributed by atoms with Gasteiger partial charge in [0.25, 0.3) is 0 Å². The molecule has 0 fully saturated rings. The number of primary amides is 1. The van der Waals surface area contributed by atoms with Gasteiger partial charge in [-0.05, 0) is 58.7 Å². The molecule has 0 bridgehead atoms. The fourth-order valence-corrected chi connectivity index (χ4v) is 6.57. The van der Waals surface area contributed by atoms with Crippen molar-refractivity contribution in [3.05, 3.63) is 123 Å². The van der Waals surface area contributed by atoms with Gasteiger partial charge < -0.3 is 20.6 Å². The molecule has 0 aliphatic carbocycles. The Bertz CT molecular complexity index is 2100. The van der Waals surface area contributed by atoms with Crippen LogP contribution in [0, 0.1) is 0 Å². The van der Waals surface area contributed by atoms with Gasteiger partial charge in [-0.25, -0.2) is 8.42 Å². The van der Waals surface area contributed by atoms with E-state index in [0.29, 0.717) is 38.2 Å². The lowest BCUT2D eigenvalue weighted by Crippen LogP contribution is -2.46. The molecule has 242 valence electrons. The highest BCUT2D eigenvalue weighted by Crippen LogP contribution is 2.35. The number of amides is 1. The summed E-state index contributed by atoms with van der Waals surface area (Å²) in [7, 11) is -4.03. The van der Waals surface area contributed by atoms with Crippen molar-refractivity contribution in [2.45, 2.75) is 25.6 Å². The van der Waals surface area contributed by atoms with Crippen molar-refractivity contribution in [3.63, 3.8) is 0 Å². The molecule has 0 saturated carbocycles. The molecule has 1 atom stereocenters. The van der Waals surface area contributed by atoms with Gasteiger partial charge in [0.2, 0.25) is 21.7 Å². The number of anilines is 1. The summed E-state index contributed by atoms with van der Waals surface area (Å²) in [5, 5.41) is 1.05. The van der Waals surface area contributed by atoms with Crippen LogP contribution >= 0.6 is 23.2 Å². The van der Waals surface area contributed by atoms with Gasteiger partial charge in [-0.3, -0.25) is 14.4 Å². The summed E-state index contributed by atoms with van der Waals surface area (Å²) in [4.78, 5) is 38.3. The lowest BCUT2D eigenvalue weighted by molar-refractivity contribution is -0.151. The number of nitrogens with two attached hydrogens (primary N) is 2. The van der Waals surface area contributed by atoms with Crippen LogP contribution in [0.4, 0.5) is 5.69 Å². The number of carbonyl (C=O) groups excluding carboxylic acids is 3. The van der Waals surface area contributed by atoms with Gasteiger partial charge in [0.1, 0.15) is 18.2 Å². The second kappa shape index (κ2) is 14.0. The van der Waals surface area contributed by atoms with E-state index in [-0.39, 0.29) is 35.2 Å². The Morgan fingerprint density at radius 2 is 1.60 bits per heavy atom. The first-order valence-electron chi connectivity index (χ1n) is 14.2. The number of sulfonamides is 1. The molecule has 1 amide bonds. The number of ketones is 1. The van der Waals surface area contributed by atoms with Crippen LogP contribution in [0.25, 0.3) is 22.1 Å². The van der Waals surface area contributed by atoms with Crippen LogP contribution in [0.15, 0.2) is 95.4 Å². The molecule has 1 aromatic heterocycles. The molecule has 5 aromatic rings. The minimum absolute atomic E-state index is 0.0708. The number of fused-ring (bicyclic) bond motifs is 1. The Morgan fingerprint density at radius 1 is 0.894 bits per heavy atom. The first-order chi connectivity index (χ1) is 22.3. The van der Waals surface area contributed by atoms with Gasteiger partial charge >= 0.3 is 5.97 Å². The number of furan rings is 1. The third-order valence-electron chi connectivity index (χ3n) is 7.37. The highest BCUT2D eigenvalue weighted by Gasteiger charge is 2.35. The summed E-state index contributed by atoms with van der Waals surface area (Å²) in [6.07, 6.45) is 0.375. The van der Waals surface area contributed by atoms with Crippen molar-refractivity contribution in [1.82, 2.24) is 4.31 Å². The monoisotopic (exact) mass is 693 g/mol. The Hall–Kier alpha value is -4.68. The van der Waals surface area contributed by atoms with Crippen molar-refractivity contribution in [1.29, 1.82) is 0 Å². The maximum atomic E-state index is 13.2. The minimum Gasteiger partial charge on any atom is -0.460 e. The normalized spacial score (nSPS) is 12.3. The van der Waals surface area contributed by atoms with Crippen molar-refractivity contribution in [3.8, 4) is 11.1 Å². The Balaban J connectivity index is 1.42. The number of nitrogen functional groups attached to an aromatic ring is 1. The van der Waals surface area contributed by atoms with E-state index in [2.05, 4.69) is 0 Å². The Labute approximate surface area is 280 Å². The second-order valence-electron chi connectivity index (χ2n) is 10.8. The summed E-state index contributed by atoms with van der Waals surface area (Å²) >= 11 is 12.2. The van der Waals surface area contributed by atoms with Crippen LogP contribution in [-0.2, 0) is 37.5 Å². The van der Waals surface area contributed by atoms with Crippen LogP contribution in [0.3, 0.4) is 0 Å². The standard InChI is InChI=1S/C34H29Cl2N3O7S/c1-47(43,44)39(28(17-30(37)40)34(42)45-19-20-6-3-2-4-7-20)18-21-8-5-9-22(14-21)23-10-12-26-29(15-23)46-33(31(26)38)32(41)25-13-11-24(35)16-27(25)36/h2-16,28H,17-19,38H2,1H3,(H2,37,40)/t28-/m0/s1. The molecule has 4 N–H and O–H groups in total. The molecule has 0 aliphatic heterocycles. The molecule has 0 aliphatic rings. The van der Waals surface area contributed by atoms with E-state index < -0.39 is 40.1 Å². The maximum Gasteiger partial charge on any atom is 0.325 e. The first kappa shape index (κ1) is 33.7. The summed E-state index contributed by atoms with van der Waals surface area (Å²) in [5.41, 5.74) is 15.0. The molecule has 0 spiro atoms. The van der Waals surface area contributed by atoms with Crippen molar-refractivity contribution in [2.24, 2.45) is 5.73 Å². The largest absolute Gasteiger partial charge is 0.460 e. The lowest BCUT2D eigenvalue weighted by atomic mass is 10.0. The summed E-state index contributed by atoms with van der Waals surface area (Å²) in [6.45, 7) is -0.358. The average Bonchev–Trinajstić information content (AvgIpc) is 3.36. The zero-order chi connectivity index (χ0) is 33.9. The van der Waals surface area contributed by atoms with Crippen LogP contribution < -0.4 is 11.5 Å².